The van der Waals surface area contributed by atoms with Gasteiger partial charge in [0.2, 0.25) is 5.91 Å². The molecular weight excluding hydrogens is 230 g/mol. The van der Waals surface area contributed by atoms with Crippen molar-refractivity contribution in [3.8, 4) is 0 Å². The number of nitrogens with zero attached hydrogens (tertiary/aromatic N) is 5. The highest BCUT2D eigenvalue weighted by Gasteiger charge is 2.26. The van der Waals surface area contributed by atoms with E-state index in [1.807, 2.05) is 35.5 Å². The van der Waals surface area contributed by atoms with Crippen molar-refractivity contribution >= 4 is 5.91 Å². The summed E-state index contributed by atoms with van der Waals surface area (Å²) in [6, 6.07) is 0. The van der Waals surface area contributed by atoms with E-state index in [-0.39, 0.29) is 5.91 Å². The molecule has 0 N–H and O–H groups in total. The SMILES string of the molecule is CN(C)CC(=O)N1CCC(c2nncn2C)CC1. The topological polar surface area (TPSA) is 54.3 Å². The van der Waals surface area contributed by atoms with Crippen LogP contribution < -0.4 is 0 Å². The Morgan fingerprint density at radius 1 is 1.44 bits per heavy atom. The van der Waals surface area contributed by atoms with Crippen LogP contribution in [0.5, 0.6) is 0 Å². The minimum Gasteiger partial charge on any atom is -0.342 e. The molecule has 0 bridgehead atoms. The number of hydrogen-bond donors (Lipinski definition) is 0. The standard InChI is InChI=1S/C12H21N5O/c1-15(2)8-11(18)17-6-4-10(5-7-17)12-14-13-9-16(12)3/h9-10H,4-8H2,1-3H3. The molecule has 1 aromatic rings. The van der Waals surface area contributed by atoms with Gasteiger partial charge < -0.3 is 14.4 Å². The third kappa shape index (κ3) is 2.87. The lowest BCUT2D eigenvalue weighted by Crippen LogP contribution is -2.42. The number of hydrogen-bond acceptors (Lipinski definition) is 4. The lowest BCUT2D eigenvalue weighted by atomic mass is 9.96. The van der Waals surface area contributed by atoms with Gasteiger partial charge in [-0.15, -0.1) is 10.2 Å². The van der Waals surface area contributed by atoms with Crippen molar-refractivity contribution in [2.45, 2.75) is 18.8 Å². The molecule has 6 heteroatoms. The molecule has 2 rings (SSSR count). The lowest BCUT2D eigenvalue weighted by Gasteiger charge is -2.32. The summed E-state index contributed by atoms with van der Waals surface area (Å²) in [5.74, 6) is 1.69. The molecule has 1 aliphatic rings. The maximum atomic E-state index is 11.9. The first-order chi connectivity index (χ1) is 8.58. The molecular formula is C12H21N5O. The van der Waals surface area contributed by atoms with Gasteiger partial charge in [0.25, 0.3) is 0 Å². The number of aryl methyl sites for hydroxylation is 1. The average Bonchev–Trinajstić information content (AvgIpc) is 2.75. The minimum atomic E-state index is 0.219. The van der Waals surface area contributed by atoms with Gasteiger partial charge in [-0.05, 0) is 26.9 Å². The molecule has 0 aliphatic carbocycles. The van der Waals surface area contributed by atoms with E-state index in [2.05, 4.69) is 10.2 Å². The Labute approximate surface area is 108 Å². The number of rotatable bonds is 3. The van der Waals surface area contributed by atoms with Gasteiger partial charge in [0.05, 0.1) is 6.54 Å². The number of likely N-dealkylation sites (tertiary alicyclic amines) is 1. The van der Waals surface area contributed by atoms with Gasteiger partial charge in [-0.25, -0.2) is 0 Å². The van der Waals surface area contributed by atoms with Crippen molar-refractivity contribution in [3.63, 3.8) is 0 Å². The van der Waals surface area contributed by atoms with Crippen LogP contribution in [-0.2, 0) is 11.8 Å². The predicted octanol–water partition coefficient (Wildman–Crippen LogP) is 0.0827. The second-order valence-electron chi connectivity index (χ2n) is 5.19. The van der Waals surface area contributed by atoms with E-state index in [1.165, 1.54) is 0 Å². The fraction of sp³-hybridized carbons (Fsp3) is 0.750. The van der Waals surface area contributed by atoms with Crippen LogP contribution in [0.2, 0.25) is 0 Å². The number of likely N-dealkylation sites (N-methyl/N-ethyl adjacent to an activating group) is 1. The van der Waals surface area contributed by atoms with Crippen molar-refractivity contribution in [1.29, 1.82) is 0 Å². The summed E-state index contributed by atoms with van der Waals surface area (Å²) in [5, 5.41) is 8.08. The van der Waals surface area contributed by atoms with Crippen molar-refractivity contribution in [1.82, 2.24) is 24.6 Å². The van der Waals surface area contributed by atoms with E-state index in [4.69, 9.17) is 0 Å². The maximum absolute atomic E-state index is 11.9. The van der Waals surface area contributed by atoms with Crippen LogP contribution in [0.4, 0.5) is 0 Å². The largest absolute Gasteiger partial charge is 0.342 e. The van der Waals surface area contributed by atoms with Crippen molar-refractivity contribution < 1.29 is 4.79 Å². The van der Waals surface area contributed by atoms with Crippen LogP contribution in [0.1, 0.15) is 24.6 Å². The summed E-state index contributed by atoms with van der Waals surface area (Å²) in [7, 11) is 5.81. The molecule has 0 spiro atoms. The van der Waals surface area contributed by atoms with Gasteiger partial charge in [-0.3, -0.25) is 4.79 Å². The van der Waals surface area contributed by atoms with E-state index < -0.39 is 0 Å². The third-order valence-corrected chi connectivity index (χ3v) is 3.41. The molecule has 0 saturated carbocycles. The molecule has 0 unspecified atom stereocenters. The van der Waals surface area contributed by atoms with Gasteiger partial charge in [0.1, 0.15) is 12.2 Å². The predicted molar refractivity (Wildman–Crippen MR) is 68.1 cm³/mol. The number of aromatic nitrogens is 3. The van der Waals surface area contributed by atoms with Gasteiger partial charge in [-0.2, -0.15) is 0 Å². The summed E-state index contributed by atoms with van der Waals surface area (Å²) in [5.41, 5.74) is 0. The normalized spacial score (nSPS) is 17.4. The highest BCUT2D eigenvalue weighted by molar-refractivity contribution is 5.78. The Balaban J connectivity index is 1.88. The smallest absolute Gasteiger partial charge is 0.236 e. The summed E-state index contributed by atoms with van der Waals surface area (Å²) >= 11 is 0. The maximum Gasteiger partial charge on any atom is 0.236 e. The molecule has 0 atom stereocenters. The second kappa shape index (κ2) is 5.48. The molecule has 100 valence electrons. The van der Waals surface area contributed by atoms with Crippen molar-refractivity contribution in [2.24, 2.45) is 7.05 Å². The van der Waals surface area contributed by atoms with Crippen LogP contribution in [0.3, 0.4) is 0 Å². The molecule has 1 amide bonds. The van der Waals surface area contributed by atoms with E-state index in [0.717, 1.165) is 31.8 Å². The Kier molecular flexibility index (Phi) is 3.96. The molecule has 6 nitrogen and oxygen atoms in total. The Morgan fingerprint density at radius 2 is 2.11 bits per heavy atom. The van der Waals surface area contributed by atoms with Gasteiger partial charge >= 0.3 is 0 Å². The van der Waals surface area contributed by atoms with Gasteiger partial charge in [0, 0.05) is 26.1 Å². The first-order valence-electron chi connectivity index (χ1n) is 6.34. The van der Waals surface area contributed by atoms with Crippen LogP contribution >= 0.6 is 0 Å². The van der Waals surface area contributed by atoms with Gasteiger partial charge in [0.15, 0.2) is 0 Å². The van der Waals surface area contributed by atoms with Crippen LogP contribution in [-0.4, -0.2) is 64.2 Å². The van der Waals surface area contributed by atoms with Crippen LogP contribution in [0, 0.1) is 0 Å². The van der Waals surface area contributed by atoms with Crippen molar-refractivity contribution in [2.75, 3.05) is 33.7 Å². The molecule has 1 aliphatic heterocycles. The number of piperidine rings is 1. The zero-order valence-corrected chi connectivity index (χ0v) is 11.3. The summed E-state index contributed by atoms with van der Waals surface area (Å²) in [6.45, 7) is 2.14. The first kappa shape index (κ1) is 13.0. The first-order valence-corrected chi connectivity index (χ1v) is 6.34. The zero-order valence-electron chi connectivity index (χ0n) is 11.3. The molecule has 0 radical (unpaired) electrons. The fourth-order valence-electron chi connectivity index (χ4n) is 2.42. The van der Waals surface area contributed by atoms with Gasteiger partial charge in [-0.1, -0.05) is 0 Å². The monoisotopic (exact) mass is 251 g/mol. The van der Waals surface area contributed by atoms with E-state index >= 15 is 0 Å². The van der Waals surface area contributed by atoms with E-state index in [0.29, 0.717) is 12.5 Å². The zero-order chi connectivity index (χ0) is 13.1. The van der Waals surface area contributed by atoms with Crippen molar-refractivity contribution in [3.05, 3.63) is 12.2 Å². The molecule has 1 saturated heterocycles. The second-order valence-corrected chi connectivity index (χ2v) is 5.19. The molecule has 18 heavy (non-hydrogen) atoms. The third-order valence-electron chi connectivity index (χ3n) is 3.41. The van der Waals surface area contributed by atoms with Crippen LogP contribution in [0.15, 0.2) is 6.33 Å². The quantitative estimate of drug-likeness (QED) is 0.763. The molecule has 0 aromatic carbocycles. The molecule has 1 fully saturated rings. The van der Waals surface area contributed by atoms with Crippen LogP contribution in [0.25, 0.3) is 0 Å². The van der Waals surface area contributed by atoms with E-state index in [9.17, 15) is 4.79 Å². The minimum absolute atomic E-state index is 0.219. The lowest BCUT2D eigenvalue weighted by molar-refractivity contribution is -0.132. The highest BCUT2D eigenvalue weighted by atomic mass is 16.2. The summed E-state index contributed by atoms with van der Waals surface area (Å²) in [4.78, 5) is 15.8. The Hall–Kier alpha value is -1.43. The van der Waals surface area contributed by atoms with E-state index in [1.54, 1.807) is 6.33 Å². The molecule has 2 heterocycles. The summed E-state index contributed by atoms with van der Waals surface area (Å²) in [6.07, 6.45) is 3.69. The number of carbonyl (C=O) groups excluding carboxylic acids is 1. The fourth-order valence-corrected chi connectivity index (χ4v) is 2.42. The number of carbonyl (C=O) groups is 1. The Morgan fingerprint density at radius 3 is 2.61 bits per heavy atom. The molecule has 1 aromatic heterocycles. The average molecular weight is 251 g/mol. The summed E-state index contributed by atoms with van der Waals surface area (Å²) < 4.78 is 1.97. The number of amides is 1. The Bertz CT molecular complexity index is 406. The highest BCUT2D eigenvalue weighted by Crippen LogP contribution is 2.25.